The minimum Gasteiger partial charge on any atom is -0.368 e. The Labute approximate surface area is 91.9 Å². The van der Waals surface area contributed by atoms with Crippen molar-refractivity contribution in [3.8, 4) is 0 Å². The van der Waals surface area contributed by atoms with E-state index in [4.69, 9.17) is 20.1 Å². The largest absolute Gasteiger partial charge is 0.368 e. The van der Waals surface area contributed by atoms with Gasteiger partial charge in [0.15, 0.2) is 12.1 Å². The number of hydrogen-bond donors (Lipinski definition) is 3. The quantitative estimate of drug-likeness (QED) is 0.623. The summed E-state index contributed by atoms with van der Waals surface area (Å²) in [5.41, 5.74) is 0. The molecular weight excluding hydrogens is 196 g/mol. The van der Waals surface area contributed by atoms with Gasteiger partial charge in [0.2, 0.25) is 0 Å². The lowest BCUT2D eigenvalue weighted by Gasteiger charge is -2.25. The smallest absolute Gasteiger partial charge is 0.156 e. The van der Waals surface area contributed by atoms with Gasteiger partial charge in [-0.05, 0) is 32.6 Å². The number of aliphatic hydroxyl groups is 3. The minimum atomic E-state index is -1.50. The molecule has 3 N–H and O–H groups in total. The Morgan fingerprint density at radius 2 is 1.80 bits per heavy atom. The molecule has 1 saturated carbocycles. The van der Waals surface area contributed by atoms with Crippen LogP contribution in [0.25, 0.3) is 0 Å². The van der Waals surface area contributed by atoms with Gasteiger partial charge in [-0.15, -0.1) is 0 Å². The molecule has 1 aliphatic rings. The fourth-order valence-electron chi connectivity index (χ4n) is 1.28. The third kappa shape index (κ3) is 11.8. The molecule has 0 radical (unpaired) electrons. The lowest BCUT2D eigenvalue weighted by atomic mass is 9.82. The highest BCUT2D eigenvalue weighted by molar-refractivity contribution is 4.69. The number of hydrogen-bond acceptors (Lipinski definition) is 4. The summed E-state index contributed by atoms with van der Waals surface area (Å²) in [6, 6.07) is 0. The van der Waals surface area contributed by atoms with E-state index in [0.29, 0.717) is 0 Å². The van der Waals surface area contributed by atoms with E-state index >= 15 is 0 Å². The van der Waals surface area contributed by atoms with Gasteiger partial charge in [0, 0.05) is 7.11 Å². The first-order chi connectivity index (χ1) is 6.83. The predicted molar refractivity (Wildman–Crippen MR) is 58.1 cm³/mol. The van der Waals surface area contributed by atoms with Gasteiger partial charge in [0.1, 0.15) is 0 Å². The highest BCUT2D eigenvalue weighted by Gasteiger charge is 2.17. The van der Waals surface area contributed by atoms with E-state index in [0.717, 1.165) is 18.8 Å². The molecule has 15 heavy (non-hydrogen) atoms. The fourth-order valence-corrected chi connectivity index (χ4v) is 1.28. The molecule has 1 rings (SSSR count). The fraction of sp³-hybridized carbons (Fsp3) is 1.00. The first kappa shape index (κ1) is 14.8. The lowest BCUT2D eigenvalue weighted by molar-refractivity contribution is -0.127. The van der Waals surface area contributed by atoms with E-state index in [2.05, 4.69) is 0 Å². The van der Waals surface area contributed by atoms with E-state index in [1.807, 2.05) is 0 Å². The number of rotatable bonds is 4. The van der Waals surface area contributed by atoms with Gasteiger partial charge < -0.3 is 20.1 Å². The summed E-state index contributed by atoms with van der Waals surface area (Å²) in [6.07, 6.45) is 5.51. The maximum absolute atomic E-state index is 9.00. The van der Waals surface area contributed by atoms with Gasteiger partial charge in [0.25, 0.3) is 0 Å². The van der Waals surface area contributed by atoms with Crippen LogP contribution >= 0.6 is 0 Å². The van der Waals surface area contributed by atoms with Crippen molar-refractivity contribution < 1.29 is 20.1 Å². The van der Waals surface area contributed by atoms with Crippen LogP contribution in [0.15, 0.2) is 0 Å². The van der Waals surface area contributed by atoms with Crippen molar-refractivity contribution in [3.05, 3.63) is 0 Å². The van der Waals surface area contributed by atoms with Gasteiger partial charge in [-0.25, -0.2) is 0 Å². The SMILES string of the molecule is CC(C)(O)O.COC(O)CCC1CCC1. The average molecular weight is 220 g/mol. The molecule has 0 aromatic heterocycles. The van der Waals surface area contributed by atoms with Crippen molar-refractivity contribution in [1.29, 1.82) is 0 Å². The highest BCUT2D eigenvalue weighted by atomic mass is 16.6. The van der Waals surface area contributed by atoms with Gasteiger partial charge in [0.05, 0.1) is 0 Å². The molecule has 92 valence electrons. The highest BCUT2D eigenvalue weighted by Crippen LogP contribution is 2.30. The van der Waals surface area contributed by atoms with E-state index in [1.165, 1.54) is 33.1 Å². The molecule has 0 aliphatic heterocycles. The van der Waals surface area contributed by atoms with Crippen molar-refractivity contribution in [2.75, 3.05) is 7.11 Å². The van der Waals surface area contributed by atoms with Crippen molar-refractivity contribution in [1.82, 2.24) is 0 Å². The van der Waals surface area contributed by atoms with Crippen molar-refractivity contribution >= 4 is 0 Å². The molecule has 0 heterocycles. The van der Waals surface area contributed by atoms with E-state index in [1.54, 1.807) is 7.11 Å². The summed E-state index contributed by atoms with van der Waals surface area (Å²) in [6.45, 7) is 2.60. The van der Waals surface area contributed by atoms with Gasteiger partial charge >= 0.3 is 0 Å². The van der Waals surface area contributed by atoms with E-state index in [-0.39, 0.29) is 0 Å². The molecule has 1 aliphatic carbocycles. The van der Waals surface area contributed by atoms with Crippen LogP contribution in [0.3, 0.4) is 0 Å². The van der Waals surface area contributed by atoms with E-state index < -0.39 is 12.1 Å². The van der Waals surface area contributed by atoms with Crippen LogP contribution in [0.4, 0.5) is 0 Å². The summed E-state index contributed by atoms with van der Waals surface area (Å²) in [5, 5.41) is 25.2. The molecule has 0 spiro atoms. The second kappa shape index (κ2) is 7.17. The van der Waals surface area contributed by atoms with Crippen molar-refractivity contribution in [3.63, 3.8) is 0 Å². The maximum atomic E-state index is 9.00. The minimum absolute atomic E-state index is 0.527. The lowest BCUT2D eigenvalue weighted by Crippen LogP contribution is -2.15. The molecule has 0 aromatic rings. The average Bonchev–Trinajstić information content (AvgIpc) is 1.98. The van der Waals surface area contributed by atoms with Crippen molar-refractivity contribution in [2.24, 2.45) is 5.92 Å². The van der Waals surface area contributed by atoms with Crippen LogP contribution < -0.4 is 0 Å². The molecule has 1 fully saturated rings. The summed E-state index contributed by atoms with van der Waals surface area (Å²) < 4.78 is 4.72. The predicted octanol–water partition coefficient (Wildman–Crippen LogP) is 1.24. The molecule has 0 saturated heterocycles. The Hall–Kier alpha value is -0.160. The van der Waals surface area contributed by atoms with E-state index in [9.17, 15) is 0 Å². The van der Waals surface area contributed by atoms with Crippen LogP contribution in [0.5, 0.6) is 0 Å². The number of methoxy groups -OCH3 is 1. The standard InChI is InChI=1S/C8H16O2.C3H8O2/c1-10-8(9)6-5-7-3-2-4-7;1-3(2,4)5/h7-9H,2-6H2,1H3;4-5H,1-2H3. The molecule has 0 aromatic carbocycles. The zero-order valence-electron chi connectivity index (χ0n) is 9.94. The Morgan fingerprint density at radius 1 is 1.33 bits per heavy atom. The summed E-state index contributed by atoms with van der Waals surface area (Å²) in [7, 11) is 1.55. The molecule has 0 bridgehead atoms. The van der Waals surface area contributed by atoms with Crippen LogP contribution in [0.1, 0.15) is 46.0 Å². The van der Waals surface area contributed by atoms with Gasteiger partial charge in [-0.3, -0.25) is 0 Å². The van der Waals surface area contributed by atoms with Crippen LogP contribution in [0, 0.1) is 5.92 Å². The number of aliphatic hydroxyl groups excluding tert-OH is 1. The van der Waals surface area contributed by atoms with Crippen LogP contribution in [-0.4, -0.2) is 34.5 Å². The zero-order chi connectivity index (χ0) is 11.9. The molecule has 1 unspecified atom stereocenters. The normalized spacial score (nSPS) is 18.8. The third-order valence-electron chi connectivity index (χ3n) is 2.32. The van der Waals surface area contributed by atoms with Crippen LogP contribution in [0.2, 0.25) is 0 Å². The number of ether oxygens (including phenoxy) is 1. The summed E-state index contributed by atoms with van der Waals surface area (Å²) >= 11 is 0. The molecular formula is C11H24O4. The third-order valence-corrected chi connectivity index (χ3v) is 2.32. The zero-order valence-corrected chi connectivity index (χ0v) is 9.94. The van der Waals surface area contributed by atoms with Crippen LogP contribution in [-0.2, 0) is 4.74 Å². The topological polar surface area (TPSA) is 69.9 Å². The maximum Gasteiger partial charge on any atom is 0.156 e. The van der Waals surface area contributed by atoms with Gasteiger partial charge in [-0.1, -0.05) is 19.3 Å². The summed E-state index contributed by atoms with van der Waals surface area (Å²) in [4.78, 5) is 0. The first-order valence-electron chi connectivity index (χ1n) is 5.48. The Bertz CT molecular complexity index is 138. The monoisotopic (exact) mass is 220 g/mol. The van der Waals surface area contributed by atoms with Gasteiger partial charge in [-0.2, -0.15) is 0 Å². The molecule has 0 amide bonds. The Balaban J connectivity index is 0.000000336. The molecule has 1 atom stereocenters. The molecule has 4 nitrogen and oxygen atoms in total. The Morgan fingerprint density at radius 3 is 2.07 bits per heavy atom. The van der Waals surface area contributed by atoms with Crippen molar-refractivity contribution in [2.45, 2.75) is 58.0 Å². The Kier molecular flexibility index (Phi) is 7.09. The molecule has 4 heteroatoms. The first-order valence-corrected chi connectivity index (χ1v) is 5.48. The second-order valence-corrected chi connectivity index (χ2v) is 4.56. The summed E-state index contributed by atoms with van der Waals surface area (Å²) in [5.74, 6) is -0.621. The second-order valence-electron chi connectivity index (χ2n) is 4.56.